The van der Waals surface area contributed by atoms with Crippen LogP contribution in [0.5, 0.6) is 0 Å². The van der Waals surface area contributed by atoms with Gasteiger partial charge < -0.3 is 15.7 Å². The van der Waals surface area contributed by atoms with Crippen LogP contribution >= 0.6 is 11.3 Å². The van der Waals surface area contributed by atoms with Crippen LogP contribution in [0.25, 0.3) is 0 Å². The van der Waals surface area contributed by atoms with Crippen LogP contribution in [-0.2, 0) is 0 Å². The molecule has 0 radical (unpaired) electrons. The van der Waals surface area contributed by atoms with Crippen molar-refractivity contribution in [3.63, 3.8) is 0 Å². The number of rotatable bonds is 6. The molecule has 0 aromatic carbocycles. The first-order valence-electron chi connectivity index (χ1n) is 6.98. The van der Waals surface area contributed by atoms with Gasteiger partial charge in [0.2, 0.25) is 0 Å². The van der Waals surface area contributed by atoms with E-state index in [2.05, 4.69) is 10.6 Å². The lowest BCUT2D eigenvalue weighted by Crippen LogP contribution is -2.45. The number of nitrogens with one attached hydrogen (secondary N) is 2. The number of carbonyl (C=O) groups excluding carboxylic acids is 1. The lowest BCUT2D eigenvalue weighted by atomic mass is 10.1. The molecule has 2 amide bonds. The molecule has 1 aromatic rings. The lowest BCUT2D eigenvalue weighted by Gasteiger charge is -2.19. The molecule has 1 heterocycles. The Balaban J connectivity index is 1.43. The van der Waals surface area contributed by atoms with Crippen molar-refractivity contribution in [1.82, 2.24) is 10.6 Å². The molecule has 0 saturated heterocycles. The van der Waals surface area contributed by atoms with E-state index in [1.54, 1.807) is 11.3 Å². The molecule has 2 saturated carbocycles. The molecule has 0 bridgehead atoms. The molecule has 2 fully saturated rings. The molecule has 3 N–H and O–H groups in total. The Morgan fingerprint density at radius 3 is 2.58 bits per heavy atom. The van der Waals surface area contributed by atoms with Crippen LogP contribution in [0.1, 0.15) is 37.4 Å². The Kier molecular flexibility index (Phi) is 3.75. The highest BCUT2D eigenvalue weighted by molar-refractivity contribution is 7.07. The number of aliphatic hydroxyl groups is 1. The molecule has 0 aliphatic heterocycles. The molecule has 1 aromatic heterocycles. The third-order valence-corrected chi connectivity index (χ3v) is 4.64. The Bertz CT molecular complexity index is 415. The van der Waals surface area contributed by atoms with Crippen molar-refractivity contribution in [3.8, 4) is 0 Å². The van der Waals surface area contributed by atoms with E-state index >= 15 is 0 Å². The summed E-state index contributed by atoms with van der Waals surface area (Å²) < 4.78 is 0. The van der Waals surface area contributed by atoms with Gasteiger partial charge in [0.05, 0.1) is 6.10 Å². The van der Waals surface area contributed by atoms with Crippen molar-refractivity contribution in [3.05, 3.63) is 22.4 Å². The van der Waals surface area contributed by atoms with Crippen molar-refractivity contribution in [2.45, 2.75) is 37.8 Å². The highest BCUT2D eigenvalue weighted by Gasteiger charge is 2.42. The van der Waals surface area contributed by atoms with E-state index in [1.165, 1.54) is 25.7 Å². The maximum Gasteiger partial charge on any atom is 0.315 e. The van der Waals surface area contributed by atoms with Crippen molar-refractivity contribution in [2.24, 2.45) is 11.8 Å². The normalized spacial score (nSPS) is 20.3. The molecule has 0 spiro atoms. The predicted molar refractivity (Wildman–Crippen MR) is 75.0 cm³/mol. The smallest absolute Gasteiger partial charge is 0.315 e. The maximum atomic E-state index is 11.9. The number of carbonyl (C=O) groups is 1. The van der Waals surface area contributed by atoms with Crippen molar-refractivity contribution < 1.29 is 9.90 Å². The van der Waals surface area contributed by atoms with Crippen molar-refractivity contribution >= 4 is 17.4 Å². The first kappa shape index (κ1) is 12.9. The molecule has 2 aliphatic carbocycles. The average molecular weight is 280 g/mol. The van der Waals surface area contributed by atoms with Crippen LogP contribution in [0.15, 0.2) is 16.8 Å². The molecule has 19 heavy (non-hydrogen) atoms. The quantitative estimate of drug-likeness (QED) is 0.748. The summed E-state index contributed by atoms with van der Waals surface area (Å²) >= 11 is 1.55. The van der Waals surface area contributed by atoms with Gasteiger partial charge in [0.1, 0.15) is 0 Å². The average Bonchev–Trinajstić information content (AvgIpc) is 3.33. The molecular formula is C14H20N2O2S. The minimum absolute atomic E-state index is 0.141. The van der Waals surface area contributed by atoms with E-state index in [0.717, 1.165) is 5.56 Å². The van der Waals surface area contributed by atoms with Gasteiger partial charge in [-0.3, -0.25) is 0 Å². The minimum atomic E-state index is -0.614. The number of urea groups is 1. The first-order chi connectivity index (χ1) is 9.24. The number of amides is 2. The Labute approximate surface area is 117 Å². The van der Waals surface area contributed by atoms with Gasteiger partial charge in [0.15, 0.2) is 0 Å². The zero-order valence-electron chi connectivity index (χ0n) is 10.8. The summed E-state index contributed by atoms with van der Waals surface area (Å²) in [4.78, 5) is 11.9. The highest BCUT2D eigenvalue weighted by atomic mass is 32.1. The van der Waals surface area contributed by atoms with Gasteiger partial charge in [-0.15, -0.1) is 0 Å². The lowest BCUT2D eigenvalue weighted by molar-refractivity contribution is 0.172. The van der Waals surface area contributed by atoms with Crippen LogP contribution in [0.2, 0.25) is 0 Å². The Morgan fingerprint density at radius 1 is 1.37 bits per heavy atom. The zero-order valence-corrected chi connectivity index (χ0v) is 11.7. The minimum Gasteiger partial charge on any atom is -0.387 e. The predicted octanol–water partition coefficient (Wildman–Crippen LogP) is 2.27. The topological polar surface area (TPSA) is 61.4 Å². The summed E-state index contributed by atoms with van der Waals surface area (Å²) in [5.74, 6) is 1.39. The van der Waals surface area contributed by atoms with Crippen LogP contribution in [0.4, 0.5) is 4.79 Å². The molecule has 104 valence electrons. The number of thiophene rings is 1. The van der Waals surface area contributed by atoms with Gasteiger partial charge in [-0.1, -0.05) is 0 Å². The second kappa shape index (κ2) is 5.51. The molecule has 3 rings (SSSR count). The summed E-state index contributed by atoms with van der Waals surface area (Å²) in [6, 6.07) is 2.10. The number of aliphatic hydroxyl groups excluding tert-OH is 1. The van der Waals surface area contributed by atoms with E-state index in [-0.39, 0.29) is 12.6 Å². The number of hydrogen-bond acceptors (Lipinski definition) is 3. The van der Waals surface area contributed by atoms with E-state index in [1.807, 2.05) is 16.8 Å². The second-order valence-electron chi connectivity index (χ2n) is 5.63. The first-order valence-corrected chi connectivity index (χ1v) is 7.93. The van der Waals surface area contributed by atoms with Crippen LogP contribution < -0.4 is 10.6 Å². The van der Waals surface area contributed by atoms with E-state index in [0.29, 0.717) is 17.9 Å². The van der Waals surface area contributed by atoms with Gasteiger partial charge in [0, 0.05) is 12.6 Å². The summed E-state index contributed by atoms with van der Waals surface area (Å²) in [5.41, 5.74) is 0.867. The summed E-state index contributed by atoms with van der Waals surface area (Å²) in [7, 11) is 0. The fraction of sp³-hybridized carbons (Fsp3) is 0.643. The van der Waals surface area contributed by atoms with E-state index in [9.17, 15) is 9.90 Å². The van der Waals surface area contributed by atoms with Crippen LogP contribution in [0.3, 0.4) is 0 Å². The van der Waals surface area contributed by atoms with E-state index < -0.39 is 6.10 Å². The summed E-state index contributed by atoms with van der Waals surface area (Å²) in [6.45, 7) is 0.268. The second-order valence-corrected chi connectivity index (χ2v) is 6.41. The maximum absolute atomic E-state index is 11.9. The van der Waals surface area contributed by atoms with Gasteiger partial charge in [-0.25, -0.2) is 4.79 Å². The van der Waals surface area contributed by atoms with E-state index in [4.69, 9.17) is 0 Å². The van der Waals surface area contributed by atoms with Crippen LogP contribution in [0, 0.1) is 11.8 Å². The zero-order chi connectivity index (χ0) is 13.2. The standard InChI is InChI=1S/C14H20N2O2S/c17-12(11-5-6-19-8-11)7-15-14(18)16-13(9-1-2-9)10-3-4-10/h5-6,8-10,12-13,17H,1-4,7H2,(H2,15,16,18). The Morgan fingerprint density at radius 2 is 2.05 bits per heavy atom. The van der Waals surface area contributed by atoms with Crippen molar-refractivity contribution in [1.29, 1.82) is 0 Å². The highest BCUT2D eigenvalue weighted by Crippen LogP contribution is 2.44. The molecule has 1 atom stereocenters. The SMILES string of the molecule is O=C(NCC(O)c1ccsc1)NC(C1CC1)C1CC1. The van der Waals surface area contributed by atoms with Gasteiger partial charge in [-0.05, 0) is 59.9 Å². The molecule has 2 aliphatic rings. The summed E-state index contributed by atoms with van der Waals surface area (Å²) in [5, 5.41) is 19.6. The van der Waals surface area contributed by atoms with Crippen molar-refractivity contribution in [2.75, 3.05) is 6.54 Å². The molecular weight excluding hydrogens is 260 g/mol. The fourth-order valence-corrected chi connectivity index (χ4v) is 3.21. The number of hydrogen-bond donors (Lipinski definition) is 3. The fourth-order valence-electron chi connectivity index (χ4n) is 2.51. The Hall–Kier alpha value is -1.07. The van der Waals surface area contributed by atoms with Crippen LogP contribution in [-0.4, -0.2) is 23.7 Å². The van der Waals surface area contributed by atoms with Gasteiger partial charge in [0.25, 0.3) is 0 Å². The third-order valence-electron chi connectivity index (χ3n) is 3.94. The largest absolute Gasteiger partial charge is 0.387 e. The van der Waals surface area contributed by atoms with Gasteiger partial charge >= 0.3 is 6.03 Å². The molecule has 1 unspecified atom stereocenters. The summed E-state index contributed by atoms with van der Waals surface area (Å²) in [6.07, 6.45) is 4.38. The monoisotopic (exact) mass is 280 g/mol. The van der Waals surface area contributed by atoms with Gasteiger partial charge in [-0.2, -0.15) is 11.3 Å². The molecule has 5 heteroatoms. The third kappa shape index (κ3) is 3.48. The molecule has 4 nitrogen and oxygen atoms in total.